The molecule has 0 saturated carbocycles. The monoisotopic (exact) mass is 347 g/mol. The van der Waals surface area contributed by atoms with Crippen molar-refractivity contribution in [3.63, 3.8) is 0 Å². The van der Waals surface area contributed by atoms with E-state index in [2.05, 4.69) is 26.9 Å². The summed E-state index contributed by atoms with van der Waals surface area (Å²) in [6.45, 7) is 0. The summed E-state index contributed by atoms with van der Waals surface area (Å²) in [4.78, 5) is 12.0. The van der Waals surface area contributed by atoms with E-state index in [4.69, 9.17) is 5.26 Å². The van der Waals surface area contributed by atoms with Crippen LogP contribution in [0, 0.1) is 17.1 Å². The third-order valence-corrected chi connectivity index (χ3v) is 3.45. The average molecular weight is 347 g/mol. The Hall–Kier alpha value is -3.79. The first-order chi connectivity index (χ1) is 12.6. The first-order valence-electron chi connectivity index (χ1n) is 7.77. The molecule has 0 aliphatic rings. The summed E-state index contributed by atoms with van der Waals surface area (Å²) in [5.74, 6) is 0.0734. The topological polar surface area (TPSA) is 90.7 Å². The third kappa shape index (κ3) is 4.61. The molecule has 1 aromatic heterocycles. The Morgan fingerprint density at radius 1 is 1.04 bits per heavy atom. The van der Waals surface area contributed by atoms with E-state index in [9.17, 15) is 9.18 Å². The summed E-state index contributed by atoms with van der Waals surface area (Å²) >= 11 is 0. The Labute approximate surface area is 149 Å². The number of carbonyl (C=O) groups is 1. The van der Waals surface area contributed by atoms with Crippen LogP contribution in [0.3, 0.4) is 0 Å². The Morgan fingerprint density at radius 2 is 1.81 bits per heavy atom. The molecular formula is C19H14FN5O. The van der Waals surface area contributed by atoms with Crippen LogP contribution in [0.2, 0.25) is 0 Å². The van der Waals surface area contributed by atoms with Crippen LogP contribution in [0.1, 0.15) is 11.1 Å². The van der Waals surface area contributed by atoms with Gasteiger partial charge in [-0.15, -0.1) is 10.2 Å². The molecule has 128 valence electrons. The summed E-state index contributed by atoms with van der Waals surface area (Å²) in [5.41, 5.74) is 1.82. The molecule has 1 amide bonds. The first kappa shape index (κ1) is 17.0. The van der Waals surface area contributed by atoms with Crippen molar-refractivity contribution in [2.24, 2.45) is 0 Å². The fourth-order valence-electron chi connectivity index (χ4n) is 2.30. The molecule has 26 heavy (non-hydrogen) atoms. The van der Waals surface area contributed by atoms with Crippen LogP contribution in [0.25, 0.3) is 0 Å². The Morgan fingerprint density at radius 3 is 2.54 bits per heavy atom. The second kappa shape index (κ2) is 7.85. The summed E-state index contributed by atoms with van der Waals surface area (Å²) in [7, 11) is 0. The van der Waals surface area contributed by atoms with E-state index in [1.165, 1.54) is 12.1 Å². The van der Waals surface area contributed by atoms with Gasteiger partial charge in [-0.05, 0) is 48.0 Å². The second-order valence-electron chi connectivity index (χ2n) is 5.48. The maximum absolute atomic E-state index is 13.1. The van der Waals surface area contributed by atoms with E-state index >= 15 is 0 Å². The number of carbonyl (C=O) groups excluding carboxylic acids is 1. The average Bonchev–Trinajstić information content (AvgIpc) is 2.63. The molecule has 7 heteroatoms. The minimum atomic E-state index is -0.383. The lowest BCUT2D eigenvalue weighted by atomic mass is 10.1. The predicted molar refractivity (Wildman–Crippen MR) is 95.2 cm³/mol. The van der Waals surface area contributed by atoms with Crippen LogP contribution in [0.15, 0.2) is 60.7 Å². The highest BCUT2D eigenvalue weighted by Gasteiger charge is 2.07. The van der Waals surface area contributed by atoms with Gasteiger partial charge in [0.25, 0.3) is 0 Å². The van der Waals surface area contributed by atoms with E-state index < -0.39 is 0 Å². The number of benzene rings is 2. The number of hydrogen-bond donors (Lipinski definition) is 2. The first-order valence-corrected chi connectivity index (χ1v) is 7.77. The van der Waals surface area contributed by atoms with Crippen LogP contribution in [-0.4, -0.2) is 16.1 Å². The van der Waals surface area contributed by atoms with Crippen molar-refractivity contribution < 1.29 is 9.18 Å². The summed E-state index contributed by atoms with van der Waals surface area (Å²) in [5, 5.41) is 22.5. The molecule has 3 aromatic rings. The van der Waals surface area contributed by atoms with Gasteiger partial charge in [-0.2, -0.15) is 5.26 Å². The molecule has 0 bridgehead atoms. The van der Waals surface area contributed by atoms with Gasteiger partial charge >= 0.3 is 0 Å². The number of rotatable bonds is 5. The van der Waals surface area contributed by atoms with Gasteiger partial charge in [0, 0.05) is 5.69 Å². The lowest BCUT2D eigenvalue weighted by molar-refractivity contribution is -0.115. The molecule has 0 aliphatic carbocycles. The van der Waals surface area contributed by atoms with Crippen molar-refractivity contribution in [2.75, 3.05) is 10.6 Å². The number of nitrogens with zero attached hydrogens (tertiary/aromatic N) is 3. The SMILES string of the molecule is N#Cc1cccc(Nc2ccc(NC(=O)Cc3cccc(F)c3)nn2)c1. The second-order valence-corrected chi connectivity index (χ2v) is 5.48. The normalized spacial score (nSPS) is 10.0. The number of amides is 1. The smallest absolute Gasteiger partial charge is 0.229 e. The molecule has 0 radical (unpaired) electrons. The van der Waals surface area contributed by atoms with Crippen molar-refractivity contribution >= 4 is 23.2 Å². The molecule has 2 N–H and O–H groups in total. The largest absolute Gasteiger partial charge is 0.339 e. The number of aromatic nitrogens is 2. The number of nitrogens with one attached hydrogen (secondary N) is 2. The summed E-state index contributed by atoms with van der Waals surface area (Å²) < 4.78 is 13.1. The lowest BCUT2D eigenvalue weighted by Gasteiger charge is -2.07. The number of halogens is 1. The minimum absolute atomic E-state index is 0.0421. The van der Waals surface area contributed by atoms with Gasteiger partial charge in [0.2, 0.25) is 5.91 Å². The number of anilines is 3. The highest BCUT2D eigenvalue weighted by Crippen LogP contribution is 2.16. The van der Waals surface area contributed by atoms with Crippen LogP contribution < -0.4 is 10.6 Å². The van der Waals surface area contributed by atoms with E-state index in [-0.39, 0.29) is 18.1 Å². The van der Waals surface area contributed by atoms with Gasteiger partial charge < -0.3 is 10.6 Å². The molecule has 1 heterocycles. The maximum Gasteiger partial charge on any atom is 0.229 e. The zero-order valence-electron chi connectivity index (χ0n) is 13.6. The van der Waals surface area contributed by atoms with E-state index in [1.807, 2.05) is 0 Å². The standard InChI is InChI=1S/C19H14FN5O/c20-15-5-1-3-13(9-15)11-19(26)23-18-8-7-17(24-25-18)22-16-6-2-4-14(10-16)12-21/h1-10H,11H2,(H,22,24)(H,23,25,26). The molecule has 0 unspecified atom stereocenters. The Kier molecular flexibility index (Phi) is 5.15. The number of hydrogen-bond acceptors (Lipinski definition) is 5. The van der Waals surface area contributed by atoms with E-state index in [0.717, 1.165) is 0 Å². The number of nitriles is 1. The van der Waals surface area contributed by atoms with Gasteiger partial charge in [-0.1, -0.05) is 18.2 Å². The van der Waals surface area contributed by atoms with Crippen molar-refractivity contribution in [3.05, 3.63) is 77.6 Å². The Balaban J connectivity index is 1.60. The van der Waals surface area contributed by atoms with Crippen molar-refractivity contribution in [1.82, 2.24) is 10.2 Å². The summed E-state index contributed by atoms with van der Waals surface area (Å²) in [6, 6.07) is 18.1. The third-order valence-electron chi connectivity index (χ3n) is 3.45. The predicted octanol–water partition coefficient (Wildman–Crippen LogP) is 3.41. The molecule has 0 saturated heterocycles. The van der Waals surface area contributed by atoms with Crippen LogP contribution in [0.4, 0.5) is 21.7 Å². The van der Waals surface area contributed by atoms with Crippen molar-refractivity contribution in [2.45, 2.75) is 6.42 Å². The van der Waals surface area contributed by atoms with Crippen molar-refractivity contribution in [1.29, 1.82) is 5.26 Å². The van der Waals surface area contributed by atoms with Gasteiger partial charge in [0.05, 0.1) is 18.1 Å². The lowest BCUT2D eigenvalue weighted by Crippen LogP contribution is -2.15. The van der Waals surface area contributed by atoms with Crippen LogP contribution in [-0.2, 0) is 11.2 Å². The molecule has 3 rings (SSSR count). The molecular weight excluding hydrogens is 333 g/mol. The van der Waals surface area contributed by atoms with Gasteiger partial charge in [-0.3, -0.25) is 4.79 Å². The van der Waals surface area contributed by atoms with Crippen LogP contribution in [0.5, 0.6) is 0 Å². The maximum atomic E-state index is 13.1. The minimum Gasteiger partial charge on any atom is -0.339 e. The van der Waals surface area contributed by atoms with Gasteiger partial charge in [0.15, 0.2) is 11.6 Å². The van der Waals surface area contributed by atoms with Gasteiger partial charge in [-0.25, -0.2) is 4.39 Å². The molecule has 0 fully saturated rings. The fraction of sp³-hybridized carbons (Fsp3) is 0.0526. The highest BCUT2D eigenvalue weighted by molar-refractivity contribution is 5.91. The van der Waals surface area contributed by atoms with Gasteiger partial charge in [0.1, 0.15) is 5.82 Å². The van der Waals surface area contributed by atoms with Crippen LogP contribution >= 0.6 is 0 Å². The summed E-state index contributed by atoms with van der Waals surface area (Å²) in [6.07, 6.45) is 0.0421. The van der Waals surface area contributed by atoms with Crippen molar-refractivity contribution in [3.8, 4) is 6.07 Å². The fourth-order valence-corrected chi connectivity index (χ4v) is 2.30. The molecule has 0 atom stereocenters. The highest BCUT2D eigenvalue weighted by atomic mass is 19.1. The van der Waals surface area contributed by atoms with E-state index in [1.54, 1.807) is 48.5 Å². The zero-order valence-corrected chi connectivity index (χ0v) is 13.6. The van der Waals surface area contributed by atoms with E-state index in [0.29, 0.717) is 28.5 Å². The molecule has 2 aromatic carbocycles. The quantitative estimate of drug-likeness (QED) is 0.738. The zero-order chi connectivity index (χ0) is 18.4. The molecule has 6 nitrogen and oxygen atoms in total. The Bertz CT molecular complexity index is 966. The molecule has 0 spiro atoms. The molecule has 0 aliphatic heterocycles.